The molecule has 1 nitrogen and oxygen atoms in total. The largest absolute Gasteiger partial charge is 0.309 e. The van der Waals surface area contributed by atoms with Crippen molar-refractivity contribution in [2.24, 2.45) is 0 Å². The minimum atomic E-state index is 1.12. The Morgan fingerprint density at radius 3 is 1.55 bits per heavy atom. The van der Waals surface area contributed by atoms with Crippen LogP contribution in [0, 0.1) is 0 Å². The highest BCUT2D eigenvalue weighted by Crippen LogP contribution is 2.47. The van der Waals surface area contributed by atoms with E-state index in [0.29, 0.717) is 0 Å². The van der Waals surface area contributed by atoms with E-state index in [0.717, 1.165) is 11.4 Å². The van der Waals surface area contributed by atoms with Crippen molar-refractivity contribution in [3.63, 3.8) is 0 Å². The van der Waals surface area contributed by atoms with Crippen LogP contribution in [-0.4, -0.2) is 0 Å². The van der Waals surface area contributed by atoms with E-state index in [1.54, 1.807) is 0 Å². The molecular weight excluding hydrogens is 703 g/mol. The van der Waals surface area contributed by atoms with Gasteiger partial charge < -0.3 is 4.90 Å². The number of nitrogens with zero attached hydrogens (tertiary/aromatic N) is 1. The second-order valence-corrected chi connectivity index (χ2v) is 16.1. The van der Waals surface area contributed by atoms with Gasteiger partial charge in [0.1, 0.15) is 0 Å². The van der Waals surface area contributed by atoms with Gasteiger partial charge in [-0.05, 0) is 80.6 Å². The predicted octanol–water partition coefficient (Wildman–Crippen LogP) is 16.0. The third kappa shape index (κ3) is 5.43. The van der Waals surface area contributed by atoms with Crippen molar-refractivity contribution in [2.75, 3.05) is 4.90 Å². The lowest BCUT2D eigenvalue weighted by Crippen LogP contribution is -2.10. The van der Waals surface area contributed by atoms with Crippen LogP contribution >= 0.6 is 22.7 Å². The number of benzene rings is 9. The molecule has 0 aliphatic rings. The summed E-state index contributed by atoms with van der Waals surface area (Å²) >= 11 is 3.78. The van der Waals surface area contributed by atoms with Crippen LogP contribution in [-0.2, 0) is 0 Å². The normalized spacial score (nSPS) is 11.6. The molecule has 0 bridgehead atoms. The van der Waals surface area contributed by atoms with E-state index in [-0.39, 0.29) is 0 Å². The molecule has 9 aromatic carbocycles. The molecule has 2 aromatic heterocycles. The van der Waals surface area contributed by atoms with Gasteiger partial charge in [0, 0.05) is 47.0 Å². The number of hydrogen-bond acceptors (Lipinski definition) is 3. The second-order valence-electron chi connectivity index (χ2n) is 14.1. The molecule has 0 N–H and O–H groups in total. The number of hydrogen-bond donors (Lipinski definition) is 0. The Kier molecular flexibility index (Phi) is 7.61. The molecule has 11 aromatic rings. The molecule has 0 spiro atoms. The summed E-state index contributed by atoms with van der Waals surface area (Å²) in [6.07, 6.45) is 0. The summed E-state index contributed by atoms with van der Waals surface area (Å²) in [5.74, 6) is 0. The van der Waals surface area contributed by atoms with Crippen LogP contribution in [0.2, 0.25) is 0 Å². The maximum atomic E-state index is 2.42. The van der Waals surface area contributed by atoms with Crippen LogP contribution in [0.3, 0.4) is 0 Å². The predicted molar refractivity (Wildman–Crippen MR) is 241 cm³/mol. The molecular formula is C52H33NS2. The first-order chi connectivity index (χ1) is 27.3. The first kappa shape index (κ1) is 32.0. The molecule has 0 radical (unpaired) electrons. The van der Waals surface area contributed by atoms with E-state index >= 15 is 0 Å². The van der Waals surface area contributed by atoms with Crippen molar-refractivity contribution in [3.05, 3.63) is 200 Å². The van der Waals surface area contributed by atoms with Gasteiger partial charge in [0.2, 0.25) is 0 Å². The van der Waals surface area contributed by atoms with Crippen LogP contribution in [0.1, 0.15) is 0 Å². The van der Waals surface area contributed by atoms with Crippen LogP contribution in [0.5, 0.6) is 0 Å². The molecule has 3 heteroatoms. The number of rotatable bonds is 6. The summed E-state index contributed by atoms with van der Waals surface area (Å²) in [6, 6.07) is 73.2. The average molecular weight is 736 g/mol. The summed E-state index contributed by atoms with van der Waals surface area (Å²) in [6.45, 7) is 0. The van der Waals surface area contributed by atoms with Gasteiger partial charge in [-0.2, -0.15) is 0 Å². The third-order valence-electron chi connectivity index (χ3n) is 10.9. The van der Waals surface area contributed by atoms with Crippen molar-refractivity contribution in [3.8, 4) is 33.4 Å². The van der Waals surface area contributed by atoms with Gasteiger partial charge in [-0.1, -0.05) is 164 Å². The summed E-state index contributed by atoms with van der Waals surface area (Å²) in [5.41, 5.74) is 10.8. The Bertz CT molecular complexity index is 3170. The van der Waals surface area contributed by atoms with Crippen LogP contribution in [0.15, 0.2) is 200 Å². The van der Waals surface area contributed by atoms with E-state index in [1.807, 2.05) is 22.7 Å². The van der Waals surface area contributed by atoms with Gasteiger partial charge in [0.15, 0.2) is 0 Å². The highest BCUT2D eigenvalue weighted by Gasteiger charge is 2.19. The smallest absolute Gasteiger partial charge is 0.0640 e. The van der Waals surface area contributed by atoms with Crippen molar-refractivity contribution in [1.29, 1.82) is 0 Å². The van der Waals surface area contributed by atoms with Crippen LogP contribution in [0.25, 0.3) is 84.5 Å². The summed E-state index contributed by atoms with van der Waals surface area (Å²) in [5, 5.41) is 7.84. The molecule has 0 saturated carbocycles. The lowest BCUT2D eigenvalue weighted by molar-refractivity contribution is 1.30. The summed E-state index contributed by atoms with van der Waals surface area (Å²) in [7, 11) is 0. The fraction of sp³-hybridized carbons (Fsp3) is 0. The SMILES string of the molecule is c1ccc(-c2ccc(N(c3ccc(-c4ccc(-c5cccc6c5sc5ccccc56)cc4)cc3)c3cccc4c3sc3c5ccccc5ccc43)cc2)cc1. The van der Waals surface area contributed by atoms with E-state index in [9.17, 15) is 0 Å². The zero-order valence-electron chi connectivity index (χ0n) is 29.8. The Morgan fingerprint density at radius 2 is 0.818 bits per heavy atom. The molecule has 0 saturated heterocycles. The topological polar surface area (TPSA) is 3.24 Å². The summed E-state index contributed by atoms with van der Waals surface area (Å²) in [4.78, 5) is 2.42. The zero-order valence-corrected chi connectivity index (χ0v) is 31.4. The molecule has 55 heavy (non-hydrogen) atoms. The summed E-state index contributed by atoms with van der Waals surface area (Å²) < 4.78 is 5.30. The van der Waals surface area contributed by atoms with Crippen molar-refractivity contribution < 1.29 is 0 Å². The maximum absolute atomic E-state index is 2.42. The van der Waals surface area contributed by atoms with Gasteiger partial charge in [-0.3, -0.25) is 0 Å². The number of thiophene rings is 2. The standard InChI is InChI=1S/C52H33NS2/c1-2-10-34(11-3-1)36-24-29-40(30-25-36)53(48-18-9-17-46-47-33-28-38-12-4-5-13-42(38)51(47)55-52(46)48)41-31-26-37(27-32-41)35-20-22-39(23-21-35)43-15-8-16-45-44-14-6-7-19-49(44)54-50(43)45/h1-33H. The molecule has 2 heterocycles. The number of fused-ring (bicyclic) bond motifs is 8. The van der Waals surface area contributed by atoms with E-state index < -0.39 is 0 Å². The van der Waals surface area contributed by atoms with Gasteiger partial charge in [0.05, 0.1) is 10.4 Å². The van der Waals surface area contributed by atoms with Crippen LogP contribution in [0.4, 0.5) is 17.1 Å². The molecule has 0 aliphatic carbocycles. The minimum absolute atomic E-state index is 1.12. The van der Waals surface area contributed by atoms with Gasteiger partial charge in [0.25, 0.3) is 0 Å². The van der Waals surface area contributed by atoms with Crippen molar-refractivity contribution in [2.45, 2.75) is 0 Å². The van der Waals surface area contributed by atoms with E-state index in [2.05, 4.69) is 205 Å². The zero-order chi connectivity index (χ0) is 36.3. The monoisotopic (exact) mass is 735 g/mol. The molecule has 0 aliphatic heterocycles. The fourth-order valence-corrected chi connectivity index (χ4v) is 10.7. The Balaban J connectivity index is 0.996. The van der Waals surface area contributed by atoms with Gasteiger partial charge >= 0.3 is 0 Å². The molecule has 11 rings (SSSR count). The lowest BCUT2D eigenvalue weighted by atomic mass is 9.98. The van der Waals surface area contributed by atoms with Crippen molar-refractivity contribution >= 4 is 90.9 Å². The molecule has 0 atom stereocenters. The van der Waals surface area contributed by atoms with Gasteiger partial charge in [-0.25, -0.2) is 0 Å². The third-order valence-corrected chi connectivity index (χ3v) is 13.4. The quantitative estimate of drug-likeness (QED) is 0.164. The fourth-order valence-electron chi connectivity index (χ4n) is 8.17. The highest BCUT2D eigenvalue weighted by atomic mass is 32.1. The van der Waals surface area contributed by atoms with Crippen molar-refractivity contribution in [1.82, 2.24) is 0 Å². The first-order valence-electron chi connectivity index (χ1n) is 18.7. The lowest BCUT2D eigenvalue weighted by Gasteiger charge is -2.26. The molecule has 0 amide bonds. The van der Waals surface area contributed by atoms with E-state index in [4.69, 9.17) is 0 Å². The van der Waals surface area contributed by atoms with Gasteiger partial charge in [-0.15, -0.1) is 22.7 Å². The Labute approximate surface area is 327 Å². The average Bonchev–Trinajstić information content (AvgIpc) is 3.84. The molecule has 0 fully saturated rings. The Morgan fingerprint density at radius 1 is 0.291 bits per heavy atom. The molecule has 0 unspecified atom stereocenters. The minimum Gasteiger partial charge on any atom is -0.309 e. The highest BCUT2D eigenvalue weighted by molar-refractivity contribution is 7.27. The van der Waals surface area contributed by atoms with E-state index in [1.165, 1.54) is 90.2 Å². The van der Waals surface area contributed by atoms with Crippen LogP contribution < -0.4 is 4.90 Å². The first-order valence-corrected chi connectivity index (χ1v) is 20.3. The Hall–Kier alpha value is -6.52. The molecule has 258 valence electrons. The number of anilines is 3. The second kappa shape index (κ2) is 13.1. The maximum Gasteiger partial charge on any atom is 0.0640 e.